The van der Waals surface area contributed by atoms with E-state index in [1.54, 1.807) is 48.5 Å². The van der Waals surface area contributed by atoms with Crippen molar-refractivity contribution in [2.45, 2.75) is 0 Å². The second kappa shape index (κ2) is 9.74. The Labute approximate surface area is 182 Å². The molecule has 3 aromatic rings. The van der Waals surface area contributed by atoms with Crippen LogP contribution in [0.15, 0.2) is 72.8 Å². The summed E-state index contributed by atoms with van der Waals surface area (Å²) in [4.78, 5) is 36.2. The van der Waals surface area contributed by atoms with Crippen molar-refractivity contribution in [3.63, 3.8) is 0 Å². The molecule has 0 heterocycles. The number of anilines is 3. The molecule has 0 aliphatic carbocycles. The van der Waals surface area contributed by atoms with E-state index < -0.39 is 23.7 Å². The van der Waals surface area contributed by atoms with Gasteiger partial charge in [-0.2, -0.15) is 0 Å². The Bertz CT molecular complexity index is 1120. The lowest BCUT2D eigenvalue weighted by molar-refractivity contribution is 0.0952. The Hall–Kier alpha value is -3.89. The Morgan fingerprint density at radius 3 is 2.23 bits per heavy atom. The van der Waals surface area contributed by atoms with E-state index in [0.717, 1.165) is 4.31 Å². The first-order chi connectivity index (χ1) is 14.9. The van der Waals surface area contributed by atoms with E-state index in [1.165, 1.54) is 24.3 Å². The number of carbonyl (C=O) groups is 3. The molecule has 5 N–H and O–H groups in total. The van der Waals surface area contributed by atoms with Crippen LogP contribution >= 0.6 is 12.8 Å². The van der Waals surface area contributed by atoms with Gasteiger partial charge in [0.1, 0.15) is 5.82 Å². The van der Waals surface area contributed by atoms with Crippen LogP contribution in [0.5, 0.6) is 0 Å². The van der Waals surface area contributed by atoms with Crippen LogP contribution in [-0.4, -0.2) is 17.8 Å². The van der Waals surface area contributed by atoms with Crippen LogP contribution in [0.3, 0.4) is 0 Å². The molecule has 0 aliphatic heterocycles. The smallest absolute Gasteiger partial charge is 0.322 e. The number of carbonyl (C=O) groups excluding carboxylic acids is 3. The molecule has 0 spiro atoms. The molecule has 0 aromatic heterocycles. The number of benzene rings is 3. The van der Waals surface area contributed by atoms with Crippen LogP contribution in [0.4, 0.5) is 26.2 Å². The minimum Gasteiger partial charge on any atom is -0.322 e. The van der Waals surface area contributed by atoms with Crippen LogP contribution in [0, 0.1) is 5.82 Å². The first-order valence-electron chi connectivity index (χ1n) is 8.96. The summed E-state index contributed by atoms with van der Waals surface area (Å²) in [6.07, 6.45) is 0. The molecular formula is C21H18FN5O3S. The van der Waals surface area contributed by atoms with Crippen molar-refractivity contribution in [3.05, 3.63) is 89.7 Å². The number of urea groups is 1. The van der Waals surface area contributed by atoms with Crippen molar-refractivity contribution < 1.29 is 18.8 Å². The highest BCUT2D eigenvalue weighted by Crippen LogP contribution is 2.22. The molecule has 158 valence electrons. The molecule has 31 heavy (non-hydrogen) atoms. The minimum absolute atomic E-state index is 0.0766. The number of nitrogens with zero attached hydrogens (tertiary/aromatic N) is 1. The van der Waals surface area contributed by atoms with E-state index in [9.17, 15) is 18.8 Å². The zero-order valence-electron chi connectivity index (χ0n) is 16.0. The van der Waals surface area contributed by atoms with Gasteiger partial charge >= 0.3 is 6.03 Å². The van der Waals surface area contributed by atoms with Crippen LogP contribution in [0.1, 0.15) is 20.7 Å². The Morgan fingerprint density at radius 2 is 1.55 bits per heavy atom. The van der Waals surface area contributed by atoms with E-state index in [2.05, 4.69) is 23.4 Å². The molecule has 0 unspecified atom stereocenters. The summed E-state index contributed by atoms with van der Waals surface area (Å²) < 4.78 is 14.8. The number of hydrogen-bond acceptors (Lipinski definition) is 5. The van der Waals surface area contributed by atoms with Crippen molar-refractivity contribution in [1.29, 1.82) is 0 Å². The van der Waals surface area contributed by atoms with Crippen LogP contribution < -0.4 is 26.2 Å². The zero-order valence-corrected chi connectivity index (χ0v) is 16.9. The summed E-state index contributed by atoms with van der Waals surface area (Å²) in [6, 6.07) is 17.5. The number of rotatable bonds is 5. The third kappa shape index (κ3) is 5.38. The first kappa shape index (κ1) is 21.8. The molecule has 0 saturated heterocycles. The monoisotopic (exact) mass is 439 g/mol. The van der Waals surface area contributed by atoms with Gasteiger partial charge < -0.3 is 10.6 Å². The Kier molecular flexibility index (Phi) is 6.85. The van der Waals surface area contributed by atoms with Gasteiger partial charge in [-0.15, -0.1) is 0 Å². The van der Waals surface area contributed by atoms with Crippen LogP contribution in [0.25, 0.3) is 0 Å². The maximum Gasteiger partial charge on any atom is 0.336 e. The molecule has 10 heteroatoms. The summed E-state index contributed by atoms with van der Waals surface area (Å²) in [6.45, 7) is 0. The number of hydrazine groups is 1. The molecule has 0 bridgehead atoms. The first-order valence-corrected chi connectivity index (χ1v) is 9.36. The molecule has 4 amide bonds. The number of halogens is 1. The Morgan fingerprint density at radius 1 is 0.839 bits per heavy atom. The second-order valence-electron chi connectivity index (χ2n) is 6.28. The highest BCUT2D eigenvalue weighted by atomic mass is 32.1. The molecule has 3 aromatic carbocycles. The highest BCUT2D eigenvalue weighted by molar-refractivity contribution is 7.82. The number of amides is 4. The van der Waals surface area contributed by atoms with Gasteiger partial charge in [0, 0.05) is 16.9 Å². The van der Waals surface area contributed by atoms with E-state index >= 15 is 0 Å². The lowest BCUT2D eigenvalue weighted by Gasteiger charge is -2.17. The van der Waals surface area contributed by atoms with Crippen molar-refractivity contribution in [1.82, 2.24) is 5.43 Å². The second-order valence-corrected chi connectivity index (χ2v) is 6.68. The molecule has 0 radical (unpaired) electrons. The fraction of sp³-hybridized carbons (Fsp3) is 0. The summed E-state index contributed by atoms with van der Waals surface area (Å²) >= 11 is 4.19. The molecular weight excluding hydrogens is 421 g/mol. The van der Waals surface area contributed by atoms with Gasteiger partial charge in [-0.25, -0.2) is 19.3 Å². The largest absolute Gasteiger partial charge is 0.336 e. The number of thiol groups is 1. The fourth-order valence-electron chi connectivity index (χ4n) is 2.64. The van der Waals surface area contributed by atoms with Gasteiger partial charge in [0.2, 0.25) is 0 Å². The number of hydrogen-bond donors (Lipinski definition) is 5. The maximum atomic E-state index is 13.7. The van der Waals surface area contributed by atoms with Crippen molar-refractivity contribution in [2.75, 3.05) is 14.9 Å². The van der Waals surface area contributed by atoms with E-state index in [-0.39, 0.29) is 11.1 Å². The molecule has 8 nitrogen and oxygen atoms in total. The normalized spacial score (nSPS) is 10.2. The molecule has 3 rings (SSSR count). The van der Waals surface area contributed by atoms with Gasteiger partial charge in [-0.1, -0.05) is 31.0 Å². The van der Waals surface area contributed by atoms with Crippen molar-refractivity contribution in [2.24, 2.45) is 5.84 Å². The minimum atomic E-state index is -0.622. The third-order valence-electron chi connectivity index (χ3n) is 4.19. The number of nitrogens with one attached hydrogen (secondary N) is 3. The highest BCUT2D eigenvalue weighted by Gasteiger charge is 2.15. The number of nitrogen functional groups attached to an aromatic ring is 1. The van der Waals surface area contributed by atoms with Crippen LogP contribution in [0.2, 0.25) is 0 Å². The summed E-state index contributed by atoms with van der Waals surface area (Å²) in [5.41, 5.74) is 3.42. The topological polar surface area (TPSA) is 117 Å². The summed E-state index contributed by atoms with van der Waals surface area (Å²) in [5, 5.41) is 5.20. The standard InChI is InChI=1S/C21H18FN5O3S/c22-18-7-2-1-6-17(18)20(29)24-14-8-10-16(11-9-14)27(31)21(30)25-15-5-3-4-13(12-15)19(28)26-23/h1-12,31H,23H2,(H,24,29)(H,25,30)(H,26,28). The molecule has 0 aliphatic rings. The van der Waals surface area contributed by atoms with Gasteiger partial charge in [0.25, 0.3) is 11.8 Å². The SMILES string of the molecule is NNC(=O)c1cccc(NC(=O)N(S)c2ccc(NC(=O)c3ccccc3F)cc2)c1. The van der Waals surface area contributed by atoms with E-state index in [4.69, 9.17) is 5.84 Å². The van der Waals surface area contributed by atoms with E-state index in [0.29, 0.717) is 17.1 Å². The van der Waals surface area contributed by atoms with Gasteiger partial charge in [0.15, 0.2) is 0 Å². The summed E-state index contributed by atoms with van der Waals surface area (Å²) in [7, 11) is 0. The van der Waals surface area contributed by atoms with Crippen molar-refractivity contribution in [3.8, 4) is 0 Å². The average Bonchev–Trinajstić information content (AvgIpc) is 2.79. The van der Waals surface area contributed by atoms with Crippen LogP contribution in [-0.2, 0) is 0 Å². The average molecular weight is 439 g/mol. The van der Waals surface area contributed by atoms with Gasteiger partial charge in [-0.3, -0.25) is 15.0 Å². The molecule has 0 saturated carbocycles. The van der Waals surface area contributed by atoms with Crippen molar-refractivity contribution >= 4 is 47.7 Å². The quantitative estimate of drug-likeness (QED) is 0.181. The van der Waals surface area contributed by atoms with Gasteiger partial charge in [0.05, 0.1) is 11.3 Å². The Balaban J connectivity index is 1.65. The lowest BCUT2D eigenvalue weighted by atomic mass is 10.2. The van der Waals surface area contributed by atoms with Gasteiger partial charge in [-0.05, 0) is 54.6 Å². The number of nitrogens with two attached hydrogens (primary N) is 1. The third-order valence-corrected chi connectivity index (χ3v) is 4.60. The predicted octanol–water partition coefficient (Wildman–Crippen LogP) is 3.56. The molecule has 0 fully saturated rings. The molecule has 0 atom stereocenters. The lowest BCUT2D eigenvalue weighted by Crippen LogP contribution is -2.30. The maximum absolute atomic E-state index is 13.7. The fourth-order valence-corrected chi connectivity index (χ4v) is 2.83. The van der Waals surface area contributed by atoms with E-state index in [1.807, 2.05) is 5.43 Å². The predicted molar refractivity (Wildman–Crippen MR) is 119 cm³/mol. The zero-order chi connectivity index (χ0) is 22.4. The summed E-state index contributed by atoms with van der Waals surface area (Å²) in [5.74, 6) is 3.40.